The number of anilines is 1. The number of nitrogens with zero attached hydrogens (tertiary/aromatic N) is 4. The first-order chi connectivity index (χ1) is 11.7. The Kier molecular flexibility index (Phi) is 3.08. The third-order valence-corrected chi connectivity index (χ3v) is 6.18. The second kappa shape index (κ2) is 5.19. The van der Waals surface area contributed by atoms with Gasteiger partial charge in [0.1, 0.15) is 17.8 Å². The van der Waals surface area contributed by atoms with Crippen LogP contribution in [0.3, 0.4) is 0 Å². The van der Waals surface area contributed by atoms with Crippen molar-refractivity contribution in [3.63, 3.8) is 0 Å². The Balaban J connectivity index is 1.30. The quantitative estimate of drug-likeness (QED) is 0.938. The first-order valence-corrected chi connectivity index (χ1v) is 9.00. The molecule has 1 saturated heterocycles. The van der Waals surface area contributed by atoms with Crippen molar-refractivity contribution in [2.24, 2.45) is 17.8 Å². The summed E-state index contributed by atoms with van der Waals surface area (Å²) in [6.45, 7) is 1.93. The van der Waals surface area contributed by atoms with Crippen LogP contribution in [0.5, 0.6) is 0 Å². The van der Waals surface area contributed by atoms with E-state index < -0.39 is 0 Å². The summed E-state index contributed by atoms with van der Waals surface area (Å²) >= 11 is 0. The van der Waals surface area contributed by atoms with Crippen molar-refractivity contribution in [3.8, 4) is 0 Å². The lowest BCUT2D eigenvalue weighted by Crippen LogP contribution is -2.35. The van der Waals surface area contributed by atoms with Gasteiger partial charge in [0.05, 0.1) is 5.39 Å². The molecule has 3 heterocycles. The molecule has 0 radical (unpaired) electrons. The zero-order chi connectivity index (χ0) is 16.3. The van der Waals surface area contributed by atoms with E-state index >= 15 is 0 Å². The maximum Gasteiger partial charge on any atom is 0.225 e. The number of aromatic amines is 1. The van der Waals surface area contributed by atoms with Gasteiger partial charge in [-0.3, -0.25) is 4.79 Å². The Morgan fingerprint density at radius 1 is 1.25 bits per heavy atom. The highest BCUT2D eigenvalue weighted by Gasteiger charge is 2.46. The van der Waals surface area contributed by atoms with Crippen LogP contribution in [-0.2, 0) is 4.79 Å². The highest BCUT2D eigenvalue weighted by molar-refractivity contribution is 5.87. The van der Waals surface area contributed by atoms with Crippen LogP contribution in [0.25, 0.3) is 11.0 Å². The van der Waals surface area contributed by atoms with E-state index in [2.05, 4.69) is 31.8 Å². The molecule has 2 unspecified atom stereocenters. The lowest BCUT2D eigenvalue weighted by Gasteiger charge is -2.28. The summed E-state index contributed by atoms with van der Waals surface area (Å²) in [5.41, 5.74) is 0.895. The summed E-state index contributed by atoms with van der Waals surface area (Å²) < 4.78 is 0. The van der Waals surface area contributed by atoms with E-state index in [9.17, 15) is 4.79 Å². The Bertz CT molecular complexity index is 769. The van der Waals surface area contributed by atoms with Crippen molar-refractivity contribution in [1.82, 2.24) is 19.9 Å². The van der Waals surface area contributed by atoms with Gasteiger partial charge in [-0.1, -0.05) is 0 Å². The Morgan fingerprint density at radius 2 is 2.00 bits per heavy atom. The SMILES string of the molecule is CN(c1ncnc2[nH]ccc12)C1CC2CN(C(=O)C3CC3)CC2C1. The molecule has 6 nitrogen and oxygen atoms in total. The number of carbonyl (C=O) groups is 1. The van der Waals surface area contributed by atoms with Gasteiger partial charge in [0.25, 0.3) is 0 Å². The zero-order valence-electron chi connectivity index (χ0n) is 14.0. The zero-order valence-corrected chi connectivity index (χ0v) is 14.0. The van der Waals surface area contributed by atoms with Crippen molar-refractivity contribution in [3.05, 3.63) is 18.6 Å². The molecule has 0 spiro atoms. The van der Waals surface area contributed by atoms with E-state index in [4.69, 9.17) is 0 Å². The van der Waals surface area contributed by atoms with Crippen LogP contribution in [0.4, 0.5) is 5.82 Å². The monoisotopic (exact) mass is 325 g/mol. The molecule has 24 heavy (non-hydrogen) atoms. The first kappa shape index (κ1) is 14.3. The number of fused-ring (bicyclic) bond motifs is 2. The molecule has 2 atom stereocenters. The molecule has 2 aromatic heterocycles. The van der Waals surface area contributed by atoms with Crippen molar-refractivity contribution >= 4 is 22.8 Å². The van der Waals surface area contributed by atoms with Crippen LogP contribution in [-0.4, -0.2) is 51.9 Å². The maximum absolute atomic E-state index is 12.3. The van der Waals surface area contributed by atoms with Crippen LogP contribution in [0.1, 0.15) is 25.7 Å². The minimum absolute atomic E-state index is 0.352. The minimum Gasteiger partial charge on any atom is -0.356 e. The van der Waals surface area contributed by atoms with Crippen LogP contribution < -0.4 is 4.90 Å². The van der Waals surface area contributed by atoms with Gasteiger partial charge in [-0.05, 0) is 43.6 Å². The van der Waals surface area contributed by atoms with Gasteiger partial charge in [-0.25, -0.2) is 9.97 Å². The van der Waals surface area contributed by atoms with Gasteiger partial charge in [-0.15, -0.1) is 0 Å². The lowest BCUT2D eigenvalue weighted by atomic mass is 10.0. The fourth-order valence-electron chi connectivity index (χ4n) is 4.67. The van der Waals surface area contributed by atoms with Crippen molar-refractivity contribution in [2.45, 2.75) is 31.7 Å². The fourth-order valence-corrected chi connectivity index (χ4v) is 4.67. The van der Waals surface area contributed by atoms with E-state index in [1.807, 2.05) is 12.3 Å². The number of hydrogen-bond donors (Lipinski definition) is 1. The molecule has 1 N–H and O–H groups in total. The van der Waals surface area contributed by atoms with Crippen LogP contribution >= 0.6 is 0 Å². The lowest BCUT2D eigenvalue weighted by molar-refractivity contribution is -0.131. The molecule has 2 aliphatic carbocycles. The molecule has 1 aliphatic heterocycles. The van der Waals surface area contributed by atoms with E-state index in [0.717, 1.165) is 55.6 Å². The number of amides is 1. The van der Waals surface area contributed by atoms with E-state index in [0.29, 0.717) is 29.7 Å². The molecule has 2 aromatic rings. The highest BCUT2D eigenvalue weighted by atomic mass is 16.2. The van der Waals surface area contributed by atoms with Gasteiger partial charge >= 0.3 is 0 Å². The first-order valence-electron chi connectivity index (χ1n) is 9.00. The summed E-state index contributed by atoms with van der Waals surface area (Å²) in [4.78, 5) is 28.7. The van der Waals surface area contributed by atoms with Crippen LogP contribution in [0, 0.1) is 17.8 Å². The third kappa shape index (κ3) is 2.19. The number of carbonyl (C=O) groups excluding carboxylic acids is 1. The second-order valence-electron chi connectivity index (χ2n) is 7.71. The molecule has 3 aliphatic rings. The predicted octanol–water partition coefficient (Wildman–Crippen LogP) is 2.04. The standard InChI is InChI=1S/C18H23N5O/c1-22(17-15-4-5-19-16(15)20-10-21-17)14-6-12-8-23(9-13(12)7-14)18(24)11-2-3-11/h4-5,10-14H,2-3,6-9H2,1H3,(H,19,20,21). The van der Waals surface area contributed by atoms with Crippen LogP contribution in [0.2, 0.25) is 0 Å². The minimum atomic E-state index is 0.352. The number of rotatable bonds is 3. The average Bonchev–Trinajstić information content (AvgIpc) is 3.01. The van der Waals surface area contributed by atoms with Gasteiger partial charge in [0.15, 0.2) is 0 Å². The van der Waals surface area contributed by atoms with Crippen LogP contribution in [0.15, 0.2) is 18.6 Å². The highest BCUT2D eigenvalue weighted by Crippen LogP contribution is 2.43. The molecule has 126 valence electrons. The van der Waals surface area contributed by atoms with Crippen molar-refractivity contribution < 1.29 is 4.79 Å². The van der Waals surface area contributed by atoms with Gasteiger partial charge in [0.2, 0.25) is 5.91 Å². The van der Waals surface area contributed by atoms with E-state index in [1.54, 1.807) is 6.33 Å². The summed E-state index contributed by atoms with van der Waals surface area (Å²) in [5.74, 6) is 3.09. The number of hydrogen-bond acceptors (Lipinski definition) is 4. The summed E-state index contributed by atoms with van der Waals surface area (Å²) in [7, 11) is 2.15. The smallest absolute Gasteiger partial charge is 0.225 e. The molecule has 6 heteroatoms. The molecule has 5 rings (SSSR count). The third-order valence-electron chi connectivity index (χ3n) is 6.18. The van der Waals surface area contributed by atoms with Gasteiger partial charge in [0, 0.05) is 38.3 Å². The van der Waals surface area contributed by atoms with Gasteiger partial charge < -0.3 is 14.8 Å². The topological polar surface area (TPSA) is 65.1 Å². The maximum atomic E-state index is 12.3. The van der Waals surface area contributed by atoms with E-state index in [-0.39, 0.29) is 0 Å². The summed E-state index contributed by atoms with van der Waals surface area (Å²) in [6, 6.07) is 2.55. The Morgan fingerprint density at radius 3 is 2.71 bits per heavy atom. The number of H-pyrrole nitrogens is 1. The molecule has 3 fully saturated rings. The number of nitrogens with one attached hydrogen (secondary N) is 1. The molecule has 0 bridgehead atoms. The predicted molar refractivity (Wildman–Crippen MR) is 91.6 cm³/mol. The second-order valence-corrected chi connectivity index (χ2v) is 7.71. The van der Waals surface area contributed by atoms with E-state index in [1.165, 1.54) is 0 Å². The largest absolute Gasteiger partial charge is 0.356 e. The number of aromatic nitrogens is 3. The molecule has 0 aromatic carbocycles. The summed E-state index contributed by atoms with van der Waals surface area (Å²) in [6.07, 6.45) is 8.09. The van der Waals surface area contributed by atoms with Crippen molar-refractivity contribution in [1.29, 1.82) is 0 Å². The molecular formula is C18H23N5O. The average molecular weight is 325 g/mol. The molecular weight excluding hydrogens is 302 g/mol. The number of likely N-dealkylation sites (tertiary alicyclic amines) is 1. The Hall–Kier alpha value is -2.11. The normalized spacial score (nSPS) is 29.2. The van der Waals surface area contributed by atoms with Gasteiger partial charge in [-0.2, -0.15) is 0 Å². The molecule has 1 amide bonds. The Labute approximate surface area is 141 Å². The fraction of sp³-hybridized carbons (Fsp3) is 0.611. The van der Waals surface area contributed by atoms with Crippen molar-refractivity contribution in [2.75, 3.05) is 25.0 Å². The summed E-state index contributed by atoms with van der Waals surface area (Å²) in [5, 5.41) is 1.09. The molecule has 2 saturated carbocycles.